The van der Waals surface area contributed by atoms with E-state index in [1.807, 2.05) is 0 Å². The van der Waals surface area contributed by atoms with E-state index in [1.165, 1.54) is 17.5 Å². The van der Waals surface area contributed by atoms with Gasteiger partial charge in [0, 0.05) is 6.54 Å². The molecule has 0 bridgehead atoms. The highest BCUT2D eigenvalue weighted by Gasteiger charge is 2.18. The maximum atomic E-state index is 11.5. The van der Waals surface area contributed by atoms with E-state index in [2.05, 4.69) is 20.4 Å². The third-order valence-corrected chi connectivity index (χ3v) is 2.82. The Kier molecular flexibility index (Phi) is 4.03. The molecule has 0 spiro atoms. The summed E-state index contributed by atoms with van der Waals surface area (Å²) in [5, 5.41) is 11.0. The zero-order valence-electron chi connectivity index (χ0n) is 10.0. The molecule has 2 rings (SSSR count). The van der Waals surface area contributed by atoms with E-state index < -0.39 is 5.97 Å². The number of nitrogens with zero attached hydrogens (tertiary/aromatic N) is 5. The fraction of sp³-hybridized carbons (Fsp3) is 0.800. The van der Waals surface area contributed by atoms with Crippen molar-refractivity contribution in [1.82, 2.24) is 25.1 Å². The average molecular weight is 239 g/mol. The van der Waals surface area contributed by atoms with Crippen LogP contribution in [0.5, 0.6) is 0 Å². The number of aromatic nitrogens is 4. The molecule has 0 N–H and O–H groups in total. The second-order valence-corrected chi connectivity index (χ2v) is 3.99. The number of ether oxygens (including phenoxy) is 1. The summed E-state index contributed by atoms with van der Waals surface area (Å²) in [6.07, 6.45) is 2.50. The quantitative estimate of drug-likeness (QED) is 0.670. The van der Waals surface area contributed by atoms with E-state index in [1.54, 1.807) is 6.92 Å². The second-order valence-electron chi connectivity index (χ2n) is 3.99. The van der Waals surface area contributed by atoms with Gasteiger partial charge in [-0.2, -0.15) is 0 Å². The monoisotopic (exact) mass is 239 g/mol. The van der Waals surface area contributed by atoms with Gasteiger partial charge in [-0.15, -0.1) is 5.10 Å². The third kappa shape index (κ3) is 3.00. The molecule has 0 aromatic carbocycles. The Balaban J connectivity index is 1.91. The molecule has 7 heteroatoms. The van der Waals surface area contributed by atoms with Crippen molar-refractivity contribution in [2.24, 2.45) is 0 Å². The molecule has 1 aliphatic rings. The van der Waals surface area contributed by atoms with Gasteiger partial charge in [0.15, 0.2) is 0 Å². The van der Waals surface area contributed by atoms with E-state index in [4.69, 9.17) is 4.74 Å². The summed E-state index contributed by atoms with van der Waals surface area (Å²) in [6.45, 7) is 5.83. The molecule has 1 fully saturated rings. The predicted molar refractivity (Wildman–Crippen MR) is 59.4 cm³/mol. The Labute approximate surface area is 99.7 Å². The molecule has 7 nitrogen and oxygen atoms in total. The van der Waals surface area contributed by atoms with Gasteiger partial charge in [-0.25, -0.2) is 9.48 Å². The van der Waals surface area contributed by atoms with Crippen LogP contribution in [0.15, 0.2) is 0 Å². The Hall–Kier alpha value is -1.50. The minimum atomic E-state index is -0.459. The van der Waals surface area contributed by atoms with E-state index in [9.17, 15) is 4.79 Å². The summed E-state index contributed by atoms with van der Waals surface area (Å²) < 4.78 is 6.39. The molecule has 0 atom stereocenters. The van der Waals surface area contributed by atoms with Gasteiger partial charge >= 0.3 is 5.97 Å². The fourth-order valence-corrected chi connectivity index (χ4v) is 1.94. The SMILES string of the molecule is CCOC(=O)c1nnnn1CCN1CCCC1. The highest BCUT2D eigenvalue weighted by Crippen LogP contribution is 2.07. The Morgan fingerprint density at radius 1 is 1.35 bits per heavy atom. The summed E-state index contributed by atoms with van der Waals surface area (Å²) in [7, 11) is 0. The molecule has 0 radical (unpaired) electrons. The van der Waals surface area contributed by atoms with E-state index >= 15 is 0 Å². The highest BCUT2D eigenvalue weighted by molar-refractivity contribution is 5.85. The molecule has 0 aliphatic carbocycles. The summed E-state index contributed by atoms with van der Waals surface area (Å²) in [4.78, 5) is 13.9. The van der Waals surface area contributed by atoms with Crippen LogP contribution in [0.2, 0.25) is 0 Å². The van der Waals surface area contributed by atoms with Crippen LogP contribution < -0.4 is 0 Å². The van der Waals surface area contributed by atoms with Gasteiger partial charge in [0.2, 0.25) is 0 Å². The minimum absolute atomic E-state index is 0.186. The molecule has 1 aromatic rings. The molecular weight excluding hydrogens is 222 g/mol. The van der Waals surface area contributed by atoms with E-state index in [0.29, 0.717) is 13.2 Å². The lowest BCUT2D eigenvalue weighted by Crippen LogP contribution is -2.26. The van der Waals surface area contributed by atoms with Crippen molar-refractivity contribution in [3.8, 4) is 0 Å². The van der Waals surface area contributed by atoms with Crippen molar-refractivity contribution < 1.29 is 9.53 Å². The van der Waals surface area contributed by atoms with Crippen LogP contribution in [-0.2, 0) is 11.3 Å². The number of carbonyl (C=O) groups excluding carboxylic acids is 1. The smallest absolute Gasteiger partial charge is 0.378 e. The zero-order chi connectivity index (χ0) is 12.1. The molecule has 0 amide bonds. The maximum Gasteiger partial charge on any atom is 0.378 e. The average Bonchev–Trinajstić information content (AvgIpc) is 2.98. The first-order valence-corrected chi connectivity index (χ1v) is 5.97. The summed E-state index contributed by atoms with van der Waals surface area (Å²) >= 11 is 0. The van der Waals surface area contributed by atoms with Crippen LogP contribution in [0, 0.1) is 0 Å². The van der Waals surface area contributed by atoms with Gasteiger partial charge in [0.1, 0.15) is 0 Å². The van der Waals surface area contributed by atoms with Crippen LogP contribution in [0.25, 0.3) is 0 Å². The minimum Gasteiger partial charge on any atom is -0.460 e. The van der Waals surface area contributed by atoms with Crippen molar-refractivity contribution in [3.05, 3.63) is 5.82 Å². The largest absolute Gasteiger partial charge is 0.460 e. The standard InChI is InChI=1S/C10H17N5O2/c1-2-17-10(16)9-11-12-13-15(9)8-7-14-5-3-4-6-14/h2-8H2,1H3. The summed E-state index contributed by atoms with van der Waals surface area (Å²) in [5.74, 6) is -0.273. The predicted octanol–water partition coefficient (Wildman–Crippen LogP) is -0.0544. The third-order valence-electron chi connectivity index (χ3n) is 2.82. The van der Waals surface area contributed by atoms with Crippen molar-refractivity contribution in [2.75, 3.05) is 26.2 Å². The molecule has 0 saturated carbocycles. The first-order chi connectivity index (χ1) is 8.31. The summed E-state index contributed by atoms with van der Waals surface area (Å²) in [5.41, 5.74) is 0. The lowest BCUT2D eigenvalue weighted by atomic mass is 10.4. The molecule has 94 valence electrons. The number of rotatable bonds is 5. The van der Waals surface area contributed by atoms with Crippen molar-refractivity contribution in [2.45, 2.75) is 26.3 Å². The lowest BCUT2D eigenvalue weighted by molar-refractivity contribution is 0.0503. The van der Waals surface area contributed by atoms with Gasteiger partial charge < -0.3 is 9.64 Å². The van der Waals surface area contributed by atoms with Gasteiger partial charge in [-0.3, -0.25) is 0 Å². The Morgan fingerprint density at radius 3 is 2.82 bits per heavy atom. The lowest BCUT2D eigenvalue weighted by Gasteiger charge is -2.14. The van der Waals surface area contributed by atoms with Crippen LogP contribution in [0.3, 0.4) is 0 Å². The Bertz CT molecular complexity index is 373. The van der Waals surface area contributed by atoms with E-state index in [0.717, 1.165) is 19.6 Å². The van der Waals surface area contributed by atoms with Crippen LogP contribution in [-0.4, -0.2) is 57.3 Å². The van der Waals surface area contributed by atoms with Gasteiger partial charge in [-0.1, -0.05) is 0 Å². The van der Waals surface area contributed by atoms with Crippen molar-refractivity contribution >= 4 is 5.97 Å². The van der Waals surface area contributed by atoms with Crippen molar-refractivity contribution in [1.29, 1.82) is 0 Å². The van der Waals surface area contributed by atoms with Crippen LogP contribution >= 0.6 is 0 Å². The number of hydrogen-bond acceptors (Lipinski definition) is 6. The van der Waals surface area contributed by atoms with Crippen LogP contribution in [0.1, 0.15) is 30.4 Å². The highest BCUT2D eigenvalue weighted by atomic mass is 16.5. The first-order valence-electron chi connectivity index (χ1n) is 5.97. The fourth-order valence-electron chi connectivity index (χ4n) is 1.94. The topological polar surface area (TPSA) is 73.1 Å². The van der Waals surface area contributed by atoms with Gasteiger partial charge in [-0.05, 0) is 43.3 Å². The summed E-state index contributed by atoms with van der Waals surface area (Å²) in [6, 6.07) is 0. The van der Waals surface area contributed by atoms with Crippen LogP contribution in [0.4, 0.5) is 0 Å². The number of hydrogen-bond donors (Lipinski definition) is 0. The van der Waals surface area contributed by atoms with E-state index in [-0.39, 0.29) is 5.82 Å². The second kappa shape index (κ2) is 5.72. The number of esters is 1. The molecule has 0 unspecified atom stereocenters. The molecule has 2 heterocycles. The maximum absolute atomic E-state index is 11.5. The zero-order valence-corrected chi connectivity index (χ0v) is 10.0. The molecule has 1 aliphatic heterocycles. The molecule has 17 heavy (non-hydrogen) atoms. The molecular formula is C10H17N5O2. The molecule has 1 aromatic heterocycles. The van der Waals surface area contributed by atoms with Gasteiger partial charge in [0.25, 0.3) is 5.82 Å². The number of carbonyl (C=O) groups is 1. The van der Waals surface area contributed by atoms with Gasteiger partial charge in [0.05, 0.1) is 13.2 Å². The number of likely N-dealkylation sites (tertiary alicyclic amines) is 1. The Morgan fingerprint density at radius 2 is 2.12 bits per heavy atom. The first kappa shape index (κ1) is 12.0. The molecule has 1 saturated heterocycles. The van der Waals surface area contributed by atoms with Crippen molar-refractivity contribution in [3.63, 3.8) is 0 Å². The normalized spacial score (nSPS) is 16.3. The number of tetrazole rings is 1.